The lowest BCUT2D eigenvalue weighted by Gasteiger charge is -2.08. The molecule has 92 valence electrons. The molecule has 0 rings (SSSR count). The summed E-state index contributed by atoms with van der Waals surface area (Å²) in [5.41, 5.74) is 0. The third-order valence-electron chi connectivity index (χ3n) is 1.28. The van der Waals surface area contributed by atoms with Crippen LogP contribution in [-0.2, 0) is 30.4 Å². The fourth-order valence-corrected chi connectivity index (χ4v) is 3.59. The Hall–Kier alpha value is -0.270. The van der Waals surface area contributed by atoms with E-state index in [-0.39, 0.29) is 0 Å². The number of hydrogen-bond acceptors (Lipinski definition) is 6. The molecule has 0 fully saturated rings. The van der Waals surface area contributed by atoms with Crippen molar-refractivity contribution in [2.45, 2.75) is 11.0 Å². The lowest BCUT2D eigenvalue weighted by Crippen LogP contribution is -2.31. The Morgan fingerprint density at radius 3 is 1.33 bits per heavy atom. The second-order valence-electron chi connectivity index (χ2n) is 2.53. The standard InChI is InChI=1S/C3H8O9S3/c4-13(5,6)2-1-3(14(7,8)9)15(10,11)12/h3H,1-2H2,(H,4,5,6)(H,7,8,9)(H,10,11,12). The molecule has 0 bridgehead atoms. The molecule has 0 aliphatic rings. The predicted molar refractivity (Wildman–Crippen MR) is 47.9 cm³/mol. The Bertz CT molecular complexity index is 475. The van der Waals surface area contributed by atoms with Crippen molar-refractivity contribution in [3.05, 3.63) is 0 Å². The minimum atomic E-state index is -5.16. The Morgan fingerprint density at radius 1 is 0.800 bits per heavy atom. The van der Waals surface area contributed by atoms with Gasteiger partial charge < -0.3 is 0 Å². The highest BCUT2D eigenvalue weighted by atomic mass is 32.3. The molecule has 0 aliphatic heterocycles. The molecule has 3 N–H and O–H groups in total. The average molecular weight is 284 g/mol. The smallest absolute Gasteiger partial charge is 0.284 e. The van der Waals surface area contributed by atoms with Crippen LogP contribution in [0.1, 0.15) is 6.42 Å². The molecule has 0 saturated heterocycles. The van der Waals surface area contributed by atoms with Crippen LogP contribution >= 0.6 is 0 Å². The van der Waals surface area contributed by atoms with Gasteiger partial charge in [-0.2, -0.15) is 25.3 Å². The summed E-state index contributed by atoms with van der Waals surface area (Å²) in [7, 11) is -14.9. The second kappa shape index (κ2) is 4.31. The fourth-order valence-electron chi connectivity index (χ4n) is 0.697. The van der Waals surface area contributed by atoms with E-state index >= 15 is 0 Å². The molecule has 15 heavy (non-hydrogen) atoms. The Balaban J connectivity index is 5.05. The minimum absolute atomic E-state index is 1.17. The van der Waals surface area contributed by atoms with Gasteiger partial charge in [0, 0.05) is 0 Å². The van der Waals surface area contributed by atoms with Gasteiger partial charge in [-0.1, -0.05) is 0 Å². The summed E-state index contributed by atoms with van der Waals surface area (Å²) < 4.78 is 84.4. The monoisotopic (exact) mass is 284 g/mol. The van der Waals surface area contributed by atoms with Crippen molar-refractivity contribution < 1.29 is 38.9 Å². The summed E-state index contributed by atoms with van der Waals surface area (Å²) in [6.45, 7) is 0. The van der Waals surface area contributed by atoms with Gasteiger partial charge >= 0.3 is 0 Å². The highest BCUT2D eigenvalue weighted by molar-refractivity contribution is 8.04. The molecule has 0 unspecified atom stereocenters. The maximum absolute atomic E-state index is 10.4. The lowest BCUT2D eigenvalue weighted by atomic mass is 10.6. The number of hydrogen-bond donors (Lipinski definition) is 3. The van der Waals surface area contributed by atoms with Gasteiger partial charge in [-0.15, -0.1) is 0 Å². The summed E-state index contributed by atoms with van der Waals surface area (Å²) in [5, 5.41) is 0. The molecule has 0 saturated carbocycles. The van der Waals surface area contributed by atoms with Gasteiger partial charge in [0.15, 0.2) is 0 Å². The van der Waals surface area contributed by atoms with Crippen LogP contribution in [-0.4, -0.2) is 49.2 Å². The molecule has 9 nitrogen and oxygen atoms in total. The molecule has 0 atom stereocenters. The summed E-state index contributed by atoms with van der Waals surface area (Å²) in [5.74, 6) is -1.22. The van der Waals surface area contributed by atoms with E-state index in [2.05, 4.69) is 0 Å². The molecule has 0 aromatic heterocycles. The summed E-state index contributed by atoms with van der Waals surface area (Å²) >= 11 is 0. The summed E-state index contributed by atoms with van der Waals surface area (Å²) in [6.07, 6.45) is -1.17. The van der Waals surface area contributed by atoms with Crippen LogP contribution in [0.25, 0.3) is 0 Å². The second-order valence-corrected chi connectivity index (χ2v) is 7.60. The molecule has 0 radical (unpaired) electrons. The van der Waals surface area contributed by atoms with Crippen molar-refractivity contribution in [1.82, 2.24) is 0 Å². The molecule has 0 aliphatic carbocycles. The summed E-state index contributed by atoms with van der Waals surface area (Å²) in [6, 6.07) is 0. The zero-order valence-corrected chi connectivity index (χ0v) is 9.46. The van der Waals surface area contributed by atoms with E-state index < -0.39 is 47.1 Å². The maximum Gasteiger partial charge on any atom is 0.284 e. The van der Waals surface area contributed by atoms with Crippen molar-refractivity contribution >= 4 is 30.4 Å². The van der Waals surface area contributed by atoms with Crippen molar-refractivity contribution in [2.24, 2.45) is 0 Å². The largest absolute Gasteiger partial charge is 0.286 e. The lowest BCUT2D eigenvalue weighted by molar-refractivity contribution is 0.451. The molecular formula is C3H8O9S3. The van der Waals surface area contributed by atoms with Crippen molar-refractivity contribution in [3.8, 4) is 0 Å². The van der Waals surface area contributed by atoms with Gasteiger partial charge in [-0.3, -0.25) is 13.7 Å². The van der Waals surface area contributed by atoms with E-state index in [4.69, 9.17) is 13.7 Å². The fraction of sp³-hybridized carbons (Fsp3) is 1.00. The van der Waals surface area contributed by atoms with Crippen LogP contribution < -0.4 is 0 Å². The van der Waals surface area contributed by atoms with E-state index in [1.807, 2.05) is 0 Å². The molecule has 0 spiro atoms. The van der Waals surface area contributed by atoms with Crippen LogP contribution in [0, 0.1) is 0 Å². The first kappa shape index (κ1) is 14.7. The molecule has 0 aromatic rings. The van der Waals surface area contributed by atoms with Gasteiger partial charge in [0.2, 0.25) is 4.58 Å². The topological polar surface area (TPSA) is 163 Å². The van der Waals surface area contributed by atoms with E-state index in [0.717, 1.165) is 0 Å². The Morgan fingerprint density at radius 2 is 1.13 bits per heavy atom. The first-order valence-corrected chi connectivity index (χ1v) is 7.83. The first-order chi connectivity index (χ1) is 6.34. The first-order valence-electron chi connectivity index (χ1n) is 3.22. The van der Waals surface area contributed by atoms with E-state index in [9.17, 15) is 25.3 Å². The van der Waals surface area contributed by atoms with Crippen molar-refractivity contribution in [2.75, 3.05) is 5.75 Å². The third-order valence-corrected chi connectivity index (χ3v) is 5.29. The van der Waals surface area contributed by atoms with Gasteiger partial charge in [0.1, 0.15) is 0 Å². The van der Waals surface area contributed by atoms with Gasteiger partial charge in [-0.05, 0) is 6.42 Å². The third kappa shape index (κ3) is 6.01. The van der Waals surface area contributed by atoms with Crippen LogP contribution in [0.4, 0.5) is 0 Å². The molecule has 0 aromatic carbocycles. The molecular weight excluding hydrogens is 276 g/mol. The minimum Gasteiger partial charge on any atom is -0.286 e. The highest BCUT2D eigenvalue weighted by Gasteiger charge is 2.36. The maximum atomic E-state index is 10.4. The van der Waals surface area contributed by atoms with Crippen molar-refractivity contribution in [3.63, 3.8) is 0 Å². The van der Waals surface area contributed by atoms with Crippen molar-refractivity contribution in [1.29, 1.82) is 0 Å². The summed E-state index contributed by atoms with van der Waals surface area (Å²) in [4.78, 5) is 0. The van der Waals surface area contributed by atoms with Gasteiger partial charge in [0.25, 0.3) is 30.4 Å². The predicted octanol–water partition coefficient (Wildman–Crippen LogP) is -1.63. The van der Waals surface area contributed by atoms with E-state index in [1.54, 1.807) is 0 Å². The van der Waals surface area contributed by atoms with Crippen LogP contribution in [0.3, 0.4) is 0 Å². The van der Waals surface area contributed by atoms with Gasteiger partial charge in [0.05, 0.1) is 5.75 Å². The zero-order valence-electron chi connectivity index (χ0n) is 7.01. The van der Waals surface area contributed by atoms with Crippen LogP contribution in [0.5, 0.6) is 0 Å². The van der Waals surface area contributed by atoms with Crippen LogP contribution in [0.15, 0.2) is 0 Å². The average Bonchev–Trinajstić information content (AvgIpc) is 1.75. The Labute approximate surface area is 86.4 Å². The molecule has 0 amide bonds. The highest BCUT2D eigenvalue weighted by Crippen LogP contribution is 2.12. The van der Waals surface area contributed by atoms with Gasteiger partial charge in [-0.25, -0.2) is 0 Å². The van der Waals surface area contributed by atoms with Crippen LogP contribution in [0.2, 0.25) is 0 Å². The molecule has 12 heteroatoms. The number of rotatable bonds is 5. The SMILES string of the molecule is O=S(=O)(O)CCC(S(=O)(=O)O)S(=O)(=O)O. The quantitative estimate of drug-likeness (QED) is 0.502. The van der Waals surface area contributed by atoms with E-state index in [1.165, 1.54) is 0 Å². The van der Waals surface area contributed by atoms with E-state index in [0.29, 0.717) is 0 Å². The normalized spacial score (nSPS) is 14.4. The molecule has 0 heterocycles. The Kier molecular flexibility index (Phi) is 4.23. The zero-order chi connectivity index (χ0) is 12.5.